The van der Waals surface area contributed by atoms with E-state index in [4.69, 9.17) is 0 Å². The van der Waals surface area contributed by atoms with E-state index < -0.39 is 0 Å². The number of anilines is 6. The van der Waals surface area contributed by atoms with Gasteiger partial charge in [0, 0.05) is 34.1 Å². The number of rotatable bonds is 6. The van der Waals surface area contributed by atoms with E-state index in [1.807, 2.05) is 12.1 Å². The quantitative estimate of drug-likeness (QED) is 0.243. The van der Waals surface area contributed by atoms with Crippen molar-refractivity contribution in [1.82, 2.24) is 0 Å². The minimum atomic E-state index is 1.01. The Morgan fingerprint density at radius 2 is 0.853 bits per heavy atom. The third-order valence-corrected chi connectivity index (χ3v) is 6.11. The lowest BCUT2D eigenvalue weighted by atomic mass is 10.1. The van der Waals surface area contributed by atoms with Gasteiger partial charge in [-0.3, -0.25) is 0 Å². The highest BCUT2D eigenvalue weighted by atomic mass is 28.1. The molecule has 2 nitrogen and oxygen atoms in total. The molecule has 0 unspecified atom stereocenters. The molecule has 3 heteroatoms. The molecule has 0 saturated heterocycles. The second-order valence-electron chi connectivity index (χ2n) is 8.20. The number of hydrogen-bond donors (Lipinski definition) is 0. The summed E-state index contributed by atoms with van der Waals surface area (Å²) in [6, 6.07) is 46.6. The molecule has 5 rings (SSSR count). The average Bonchev–Trinajstić information content (AvgIpc) is 2.87. The van der Waals surface area contributed by atoms with Crippen LogP contribution in [0.4, 0.5) is 34.1 Å². The van der Waals surface area contributed by atoms with E-state index in [9.17, 15) is 0 Å². The maximum Gasteiger partial charge on any atom is 0.0713 e. The second kappa shape index (κ2) is 9.82. The van der Waals surface area contributed by atoms with Crippen LogP contribution in [0.25, 0.3) is 0 Å². The predicted octanol–water partition coefficient (Wildman–Crippen LogP) is 7.73. The molecule has 0 heterocycles. The largest absolute Gasteiger partial charge is 0.310 e. The standard InChI is InChI=1S/C31H25N2Si/c1-24-13-11-12-20-31(24)33(27-18-9-4-10-19-27)29-21-28(22-30(34)23-29)32(25-14-5-2-6-15-25)26-16-7-3-8-17-26/h2-23H,1H3. The highest BCUT2D eigenvalue weighted by Crippen LogP contribution is 2.40. The first kappa shape index (κ1) is 21.7. The maximum atomic E-state index is 3.87. The minimum absolute atomic E-state index is 1.01. The van der Waals surface area contributed by atoms with Crippen molar-refractivity contribution in [3.8, 4) is 0 Å². The molecule has 163 valence electrons. The Morgan fingerprint density at radius 3 is 1.35 bits per heavy atom. The van der Waals surface area contributed by atoms with Gasteiger partial charge in [-0.05, 0) is 73.2 Å². The zero-order valence-corrected chi connectivity index (χ0v) is 20.1. The van der Waals surface area contributed by atoms with Gasteiger partial charge < -0.3 is 9.80 Å². The summed E-state index contributed by atoms with van der Waals surface area (Å²) in [5, 5.41) is 1.01. The van der Waals surface area contributed by atoms with Crippen LogP contribution in [0.5, 0.6) is 0 Å². The fourth-order valence-corrected chi connectivity index (χ4v) is 4.57. The SMILES string of the molecule is Cc1ccccc1N(c1ccccc1)c1cc([Si])cc(N(c2ccccc2)c2ccccc2)c1. The van der Waals surface area contributed by atoms with Crippen molar-refractivity contribution in [3.05, 3.63) is 139 Å². The molecule has 5 aromatic rings. The first-order valence-corrected chi connectivity index (χ1v) is 11.9. The molecular formula is C31H25N2Si. The predicted molar refractivity (Wildman–Crippen MR) is 146 cm³/mol. The van der Waals surface area contributed by atoms with Crippen molar-refractivity contribution in [3.63, 3.8) is 0 Å². The fraction of sp³-hybridized carbons (Fsp3) is 0.0323. The number of aryl methyl sites for hydroxylation is 1. The molecule has 0 aliphatic carbocycles. The van der Waals surface area contributed by atoms with Gasteiger partial charge >= 0.3 is 0 Å². The van der Waals surface area contributed by atoms with Crippen LogP contribution >= 0.6 is 0 Å². The van der Waals surface area contributed by atoms with Crippen LogP contribution in [0.15, 0.2) is 133 Å². The number of nitrogens with zero attached hydrogens (tertiary/aromatic N) is 2. The maximum absolute atomic E-state index is 3.87. The Hall–Kier alpha value is -4.08. The summed E-state index contributed by atoms with van der Waals surface area (Å²) >= 11 is 0. The molecule has 0 aromatic heterocycles. The summed E-state index contributed by atoms with van der Waals surface area (Å²) in [7, 11) is 3.87. The van der Waals surface area contributed by atoms with Crippen LogP contribution in [0.3, 0.4) is 0 Å². The molecule has 0 N–H and O–H groups in total. The van der Waals surface area contributed by atoms with Crippen molar-refractivity contribution in [2.24, 2.45) is 0 Å². The van der Waals surface area contributed by atoms with Gasteiger partial charge in [-0.25, -0.2) is 0 Å². The summed E-state index contributed by atoms with van der Waals surface area (Å²) in [6.45, 7) is 2.16. The molecule has 5 aromatic carbocycles. The molecule has 34 heavy (non-hydrogen) atoms. The lowest BCUT2D eigenvalue weighted by molar-refractivity contribution is 1.24. The first-order chi connectivity index (χ1) is 16.7. The molecule has 3 radical (unpaired) electrons. The molecule has 0 amide bonds. The molecule has 0 saturated carbocycles. The van der Waals surface area contributed by atoms with E-state index >= 15 is 0 Å². The molecule has 0 atom stereocenters. The Morgan fingerprint density at radius 1 is 0.441 bits per heavy atom. The van der Waals surface area contributed by atoms with E-state index in [0.29, 0.717) is 0 Å². The topological polar surface area (TPSA) is 6.48 Å². The van der Waals surface area contributed by atoms with Gasteiger partial charge in [-0.1, -0.05) is 78.0 Å². The summed E-state index contributed by atoms with van der Waals surface area (Å²) in [4.78, 5) is 4.60. The third-order valence-electron chi connectivity index (χ3n) is 5.82. The highest BCUT2D eigenvalue weighted by Gasteiger charge is 2.18. The molecule has 0 aliphatic heterocycles. The Bertz CT molecular complexity index is 1330. The van der Waals surface area contributed by atoms with Crippen LogP contribution in [0, 0.1) is 6.92 Å². The Kier molecular flexibility index (Phi) is 6.28. The highest BCUT2D eigenvalue weighted by molar-refractivity contribution is 6.33. The Balaban J connectivity index is 1.71. The average molecular weight is 454 g/mol. The van der Waals surface area contributed by atoms with Crippen molar-refractivity contribution in [1.29, 1.82) is 0 Å². The van der Waals surface area contributed by atoms with Gasteiger partial charge in [0.05, 0.1) is 10.2 Å². The fourth-order valence-electron chi connectivity index (χ4n) is 4.27. The summed E-state index contributed by atoms with van der Waals surface area (Å²) < 4.78 is 0. The zero-order valence-electron chi connectivity index (χ0n) is 19.1. The monoisotopic (exact) mass is 453 g/mol. The number of hydrogen-bond acceptors (Lipinski definition) is 2. The summed E-state index contributed by atoms with van der Waals surface area (Å²) in [5.41, 5.74) is 7.87. The molecule has 0 aliphatic rings. The molecule has 0 spiro atoms. The van der Waals surface area contributed by atoms with E-state index in [2.05, 4.69) is 148 Å². The van der Waals surface area contributed by atoms with Crippen LogP contribution in [-0.4, -0.2) is 10.2 Å². The molecule has 0 bridgehead atoms. The molecular weight excluding hydrogens is 428 g/mol. The van der Waals surface area contributed by atoms with Crippen LogP contribution in [-0.2, 0) is 0 Å². The van der Waals surface area contributed by atoms with Gasteiger partial charge in [0.2, 0.25) is 0 Å². The van der Waals surface area contributed by atoms with Crippen LogP contribution in [0.2, 0.25) is 0 Å². The van der Waals surface area contributed by atoms with Gasteiger partial charge in [0.1, 0.15) is 0 Å². The van der Waals surface area contributed by atoms with Gasteiger partial charge in [-0.2, -0.15) is 0 Å². The lowest BCUT2D eigenvalue weighted by Crippen LogP contribution is -2.17. The minimum Gasteiger partial charge on any atom is -0.310 e. The molecule has 0 fully saturated rings. The Labute approximate surface area is 205 Å². The van der Waals surface area contributed by atoms with Crippen molar-refractivity contribution < 1.29 is 0 Å². The summed E-state index contributed by atoms with van der Waals surface area (Å²) in [6.07, 6.45) is 0. The van der Waals surface area contributed by atoms with E-state index in [0.717, 1.165) is 39.3 Å². The van der Waals surface area contributed by atoms with E-state index in [1.54, 1.807) is 0 Å². The third kappa shape index (κ3) is 4.52. The normalized spacial score (nSPS) is 10.6. The van der Waals surface area contributed by atoms with Gasteiger partial charge in [0.25, 0.3) is 0 Å². The van der Waals surface area contributed by atoms with Crippen molar-refractivity contribution >= 4 is 49.6 Å². The smallest absolute Gasteiger partial charge is 0.0713 e. The summed E-state index contributed by atoms with van der Waals surface area (Å²) in [5.74, 6) is 0. The van der Waals surface area contributed by atoms with Crippen LogP contribution in [0.1, 0.15) is 5.56 Å². The lowest BCUT2D eigenvalue weighted by Gasteiger charge is -2.30. The number of benzene rings is 5. The zero-order chi connectivity index (χ0) is 23.3. The van der Waals surface area contributed by atoms with Gasteiger partial charge in [0.15, 0.2) is 0 Å². The first-order valence-electron chi connectivity index (χ1n) is 11.4. The van der Waals surface area contributed by atoms with Crippen molar-refractivity contribution in [2.45, 2.75) is 6.92 Å². The second-order valence-corrected chi connectivity index (χ2v) is 8.78. The van der Waals surface area contributed by atoms with Crippen LogP contribution < -0.4 is 15.0 Å². The van der Waals surface area contributed by atoms with Crippen molar-refractivity contribution in [2.75, 3.05) is 9.80 Å². The number of para-hydroxylation sites is 4. The van der Waals surface area contributed by atoms with Gasteiger partial charge in [-0.15, -0.1) is 0 Å². The van der Waals surface area contributed by atoms with E-state index in [1.165, 1.54) is 5.56 Å². The van der Waals surface area contributed by atoms with E-state index in [-0.39, 0.29) is 0 Å².